The van der Waals surface area contributed by atoms with E-state index in [1.165, 1.54) is 51.0 Å². The second-order valence-corrected chi connectivity index (χ2v) is 5.97. The molecule has 0 radical (unpaired) electrons. The lowest BCUT2D eigenvalue weighted by atomic mass is 9.57. The Hall–Kier alpha value is -1.56. The van der Waals surface area contributed by atoms with Crippen LogP contribution in [0.2, 0.25) is 0 Å². The predicted molar refractivity (Wildman–Crippen MR) is 73.3 cm³/mol. The van der Waals surface area contributed by atoms with Crippen molar-refractivity contribution in [1.82, 2.24) is 0 Å². The molecule has 2 fully saturated rings. The molecule has 3 heteroatoms. The first-order valence-electron chi connectivity index (χ1n) is 7.20. The minimum atomic E-state index is -0.436. The zero-order chi connectivity index (χ0) is 13.3. The third-order valence-electron chi connectivity index (χ3n) is 4.95. The number of nitrogens with zero attached hydrogens (tertiary/aromatic N) is 1. The van der Waals surface area contributed by atoms with E-state index >= 15 is 0 Å². The van der Waals surface area contributed by atoms with Gasteiger partial charge in [-0.15, -0.1) is 0 Å². The van der Waals surface area contributed by atoms with E-state index in [0.717, 1.165) is 5.69 Å². The smallest absolute Gasteiger partial charge is 0.141 e. The normalized spacial score (nSPS) is 24.5. The quantitative estimate of drug-likeness (QED) is 0.862. The van der Waals surface area contributed by atoms with Crippen LogP contribution in [0.5, 0.6) is 0 Å². The van der Waals surface area contributed by atoms with E-state index in [1.807, 2.05) is 6.07 Å². The van der Waals surface area contributed by atoms with E-state index in [0.29, 0.717) is 11.5 Å². The number of anilines is 1. The Morgan fingerprint density at radius 1 is 1.21 bits per heavy atom. The fourth-order valence-electron chi connectivity index (χ4n) is 3.68. The van der Waals surface area contributed by atoms with Gasteiger partial charge in [0.1, 0.15) is 11.9 Å². The van der Waals surface area contributed by atoms with Crippen molar-refractivity contribution in [1.29, 1.82) is 5.26 Å². The van der Waals surface area contributed by atoms with E-state index in [1.54, 1.807) is 12.1 Å². The summed E-state index contributed by atoms with van der Waals surface area (Å²) in [6.07, 6.45) is 9.18. The van der Waals surface area contributed by atoms with Crippen molar-refractivity contribution in [2.75, 3.05) is 5.32 Å². The highest BCUT2D eigenvalue weighted by molar-refractivity contribution is 5.51. The van der Waals surface area contributed by atoms with E-state index in [9.17, 15) is 4.39 Å². The molecule has 2 saturated carbocycles. The van der Waals surface area contributed by atoms with E-state index in [2.05, 4.69) is 5.32 Å². The average molecular weight is 258 g/mol. The minimum absolute atomic E-state index is 0.127. The van der Waals surface area contributed by atoms with Crippen molar-refractivity contribution in [3.63, 3.8) is 0 Å². The Kier molecular flexibility index (Phi) is 3.18. The molecule has 1 atom stereocenters. The highest BCUT2D eigenvalue weighted by atomic mass is 19.1. The van der Waals surface area contributed by atoms with Crippen molar-refractivity contribution in [3.8, 4) is 6.07 Å². The van der Waals surface area contributed by atoms with E-state index in [4.69, 9.17) is 5.26 Å². The Morgan fingerprint density at radius 2 is 2.00 bits per heavy atom. The summed E-state index contributed by atoms with van der Waals surface area (Å²) in [7, 11) is 0. The van der Waals surface area contributed by atoms with Gasteiger partial charge in [-0.25, -0.2) is 4.39 Å². The van der Waals surface area contributed by atoms with Crippen molar-refractivity contribution in [3.05, 3.63) is 29.6 Å². The molecule has 0 bridgehead atoms. The first-order chi connectivity index (χ1) is 9.23. The molecule has 1 N–H and O–H groups in total. The lowest BCUT2D eigenvalue weighted by molar-refractivity contribution is 0.0571. The van der Waals surface area contributed by atoms with Crippen LogP contribution in [0.4, 0.5) is 10.1 Å². The zero-order valence-electron chi connectivity index (χ0n) is 11.1. The zero-order valence-corrected chi connectivity index (χ0v) is 11.1. The van der Waals surface area contributed by atoms with Gasteiger partial charge in [-0.05, 0) is 49.3 Å². The molecular formula is C16H19FN2. The second kappa shape index (κ2) is 4.85. The maximum atomic E-state index is 13.3. The SMILES string of the molecule is N#Cc1cc(NC2CCC23CCCCC3)ccc1F. The number of nitrogens with one attached hydrogen (secondary N) is 1. The van der Waals surface area contributed by atoms with Crippen LogP contribution in [0, 0.1) is 22.6 Å². The van der Waals surface area contributed by atoms with Crippen LogP contribution >= 0.6 is 0 Å². The van der Waals surface area contributed by atoms with Crippen molar-refractivity contribution < 1.29 is 4.39 Å². The van der Waals surface area contributed by atoms with Crippen LogP contribution in [-0.2, 0) is 0 Å². The first kappa shape index (κ1) is 12.5. The largest absolute Gasteiger partial charge is 0.382 e. The molecule has 2 aliphatic rings. The van der Waals surface area contributed by atoms with Gasteiger partial charge < -0.3 is 5.32 Å². The van der Waals surface area contributed by atoms with Gasteiger partial charge in [0.25, 0.3) is 0 Å². The van der Waals surface area contributed by atoms with Crippen LogP contribution in [0.3, 0.4) is 0 Å². The van der Waals surface area contributed by atoms with Gasteiger partial charge in [-0.2, -0.15) is 5.26 Å². The summed E-state index contributed by atoms with van der Waals surface area (Å²) < 4.78 is 13.3. The second-order valence-electron chi connectivity index (χ2n) is 5.97. The van der Waals surface area contributed by atoms with Gasteiger partial charge in [0.15, 0.2) is 0 Å². The molecule has 0 aromatic heterocycles. The monoisotopic (exact) mass is 258 g/mol. The molecule has 1 aromatic carbocycles. The van der Waals surface area contributed by atoms with Crippen LogP contribution in [0.25, 0.3) is 0 Å². The molecule has 1 spiro atoms. The topological polar surface area (TPSA) is 35.8 Å². The summed E-state index contributed by atoms with van der Waals surface area (Å²) in [5.41, 5.74) is 1.48. The van der Waals surface area contributed by atoms with Gasteiger partial charge in [-0.1, -0.05) is 19.3 Å². The summed E-state index contributed by atoms with van der Waals surface area (Å²) in [5.74, 6) is -0.436. The Balaban J connectivity index is 1.73. The van der Waals surface area contributed by atoms with Gasteiger partial charge in [0.05, 0.1) is 5.56 Å². The summed E-state index contributed by atoms with van der Waals surface area (Å²) in [6.45, 7) is 0. The van der Waals surface area contributed by atoms with Crippen molar-refractivity contribution in [2.24, 2.45) is 5.41 Å². The Labute approximate surface area is 113 Å². The molecule has 100 valence electrons. The maximum Gasteiger partial charge on any atom is 0.141 e. The van der Waals surface area contributed by atoms with E-state index < -0.39 is 5.82 Å². The van der Waals surface area contributed by atoms with Crippen LogP contribution in [0.15, 0.2) is 18.2 Å². The van der Waals surface area contributed by atoms with Crippen molar-refractivity contribution >= 4 is 5.69 Å². The van der Waals surface area contributed by atoms with E-state index in [-0.39, 0.29) is 5.56 Å². The molecular weight excluding hydrogens is 239 g/mol. The van der Waals surface area contributed by atoms with Gasteiger partial charge in [-0.3, -0.25) is 0 Å². The molecule has 0 saturated heterocycles. The van der Waals surface area contributed by atoms with Crippen molar-refractivity contribution in [2.45, 2.75) is 51.0 Å². The highest BCUT2D eigenvalue weighted by Crippen LogP contribution is 2.52. The number of hydrogen-bond donors (Lipinski definition) is 1. The molecule has 1 aromatic rings. The van der Waals surface area contributed by atoms with Crippen LogP contribution in [0.1, 0.15) is 50.5 Å². The molecule has 0 amide bonds. The molecule has 3 rings (SSSR count). The molecule has 19 heavy (non-hydrogen) atoms. The molecule has 1 unspecified atom stereocenters. The van der Waals surface area contributed by atoms with Crippen LogP contribution in [-0.4, -0.2) is 6.04 Å². The molecule has 2 nitrogen and oxygen atoms in total. The molecule has 0 aliphatic heterocycles. The number of hydrogen-bond acceptors (Lipinski definition) is 2. The minimum Gasteiger partial charge on any atom is -0.382 e. The predicted octanol–water partition coefficient (Wildman–Crippen LogP) is 4.22. The third kappa shape index (κ3) is 2.20. The standard InChI is InChI=1S/C16H19FN2/c17-14-5-4-13(10-12(14)11-18)19-15-6-9-16(15)7-2-1-3-8-16/h4-5,10,15,19H,1-3,6-9H2. The highest BCUT2D eigenvalue weighted by Gasteiger charge is 2.46. The van der Waals surface area contributed by atoms with Crippen LogP contribution < -0.4 is 5.32 Å². The fraction of sp³-hybridized carbons (Fsp3) is 0.562. The average Bonchev–Trinajstić information content (AvgIpc) is 2.46. The summed E-state index contributed by atoms with van der Waals surface area (Å²) >= 11 is 0. The van der Waals surface area contributed by atoms with Gasteiger partial charge in [0.2, 0.25) is 0 Å². The molecule has 0 heterocycles. The summed E-state index contributed by atoms with van der Waals surface area (Å²) in [6, 6.07) is 7.16. The Morgan fingerprint density at radius 3 is 2.63 bits per heavy atom. The third-order valence-corrected chi connectivity index (χ3v) is 4.95. The molecule has 2 aliphatic carbocycles. The number of halogens is 1. The fourth-order valence-corrected chi connectivity index (χ4v) is 3.68. The summed E-state index contributed by atoms with van der Waals surface area (Å²) in [4.78, 5) is 0. The van der Waals surface area contributed by atoms with Gasteiger partial charge >= 0.3 is 0 Å². The number of nitriles is 1. The first-order valence-corrected chi connectivity index (χ1v) is 7.20. The Bertz CT molecular complexity index is 512. The summed E-state index contributed by atoms with van der Waals surface area (Å²) in [5, 5.41) is 12.4. The number of rotatable bonds is 2. The maximum absolute atomic E-state index is 13.3. The lowest BCUT2D eigenvalue weighted by Crippen LogP contribution is -2.50. The lowest BCUT2D eigenvalue weighted by Gasteiger charge is -2.52. The van der Waals surface area contributed by atoms with Gasteiger partial charge in [0, 0.05) is 11.7 Å². The number of benzene rings is 1.